The van der Waals surface area contributed by atoms with Crippen LogP contribution < -0.4 is 10.6 Å². The van der Waals surface area contributed by atoms with Crippen molar-refractivity contribution in [1.82, 2.24) is 25.7 Å². The second-order valence-corrected chi connectivity index (χ2v) is 8.04. The first kappa shape index (κ1) is 20.3. The number of carbonyl (C=O) groups excluding carboxylic acids is 1. The van der Waals surface area contributed by atoms with Crippen molar-refractivity contribution in [2.45, 2.75) is 77.3 Å². The Balaban J connectivity index is 1.60. The molecule has 1 aromatic rings. The van der Waals surface area contributed by atoms with Crippen LogP contribution in [0.25, 0.3) is 0 Å². The molecule has 2 aliphatic rings. The number of carbonyl (C=O) groups is 1. The Hall–Kier alpha value is -1.47. The van der Waals surface area contributed by atoms with Crippen LogP contribution in [0.5, 0.6) is 0 Å². The summed E-state index contributed by atoms with van der Waals surface area (Å²) in [6, 6.07) is 0. The number of nitrogens with one attached hydrogen (secondary N) is 2. The zero-order chi connectivity index (χ0) is 19.1. The summed E-state index contributed by atoms with van der Waals surface area (Å²) in [7, 11) is 0. The number of hydrogen-bond acceptors (Lipinski definition) is 6. The lowest BCUT2D eigenvalue weighted by molar-refractivity contribution is -0.123. The van der Waals surface area contributed by atoms with E-state index in [1.165, 1.54) is 12.8 Å². The van der Waals surface area contributed by atoms with E-state index in [0.29, 0.717) is 30.6 Å². The summed E-state index contributed by atoms with van der Waals surface area (Å²) in [6.07, 6.45) is 7.91. The molecule has 2 N–H and O–H groups in total. The summed E-state index contributed by atoms with van der Waals surface area (Å²) >= 11 is 0. The maximum absolute atomic E-state index is 12.7. The van der Waals surface area contributed by atoms with Crippen molar-refractivity contribution in [2.24, 2.45) is 5.92 Å². The molecule has 152 valence electrons. The molecule has 2 heterocycles. The summed E-state index contributed by atoms with van der Waals surface area (Å²) in [5.74, 6) is 2.11. The van der Waals surface area contributed by atoms with Crippen LogP contribution in [0.15, 0.2) is 4.52 Å². The van der Waals surface area contributed by atoms with Gasteiger partial charge in [0.05, 0.1) is 6.54 Å². The van der Waals surface area contributed by atoms with Crippen LogP contribution in [0.1, 0.15) is 76.9 Å². The smallest absolute Gasteiger partial charge is 0.240 e. The zero-order valence-corrected chi connectivity index (χ0v) is 16.9. The Bertz CT molecular complexity index is 587. The third-order valence-corrected chi connectivity index (χ3v) is 6.22. The Morgan fingerprint density at radius 1 is 1.26 bits per heavy atom. The summed E-state index contributed by atoms with van der Waals surface area (Å²) in [5.41, 5.74) is -0.434. The van der Waals surface area contributed by atoms with Gasteiger partial charge in [-0.3, -0.25) is 9.69 Å². The molecule has 7 nitrogen and oxygen atoms in total. The largest absolute Gasteiger partial charge is 0.343 e. The van der Waals surface area contributed by atoms with Gasteiger partial charge in [0.25, 0.3) is 0 Å². The molecule has 0 unspecified atom stereocenters. The predicted molar refractivity (Wildman–Crippen MR) is 104 cm³/mol. The topological polar surface area (TPSA) is 83.3 Å². The van der Waals surface area contributed by atoms with Crippen molar-refractivity contribution in [3.05, 3.63) is 11.7 Å². The van der Waals surface area contributed by atoms with Crippen molar-refractivity contribution in [1.29, 1.82) is 0 Å². The molecule has 0 aromatic carbocycles. The SMILES string of the molecule is CCN(CC)Cc1nc(C2(NC(=O)CCC3CCNCC3)CCCC2)no1. The Labute approximate surface area is 162 Å². The Morgan fingerprint density at radius 2 is 1.96 bits per heavy atom. The first-order valence-corrected chi connectivity index (χ1v) is 10.7. The van der Waals surface area contributed by atoms with E-state index >= 15 is 0 Å². The Kier molecular flexibility index (Phi) is 7.24. The third kappa shape index (κ3) is 5.29. The minimum absolute atomic E-state index is 0.130. The van der Waals surface area contributed by atoms with Crippen LogP contribution in [0.4, 0.5) is 0 Å². The van der Waals surface area contributed by atoms with E-state index in [0.717, 1.165) is 58.3 Å². The lowest BCUT2D eigenvalue weighted by atomic mass is 9.92. The molecule has 1 aromatic heterocycles. The lowest BCUT2D eigenvalue weighted by Gasteiger charge is -2.28. The molecular weight excluding hydrogens is 342 g/mol. The highest BCUT2D eigenvalue weighted by molar-refractivity contribution is 5.77. The molecule has 7 heteroatoms. The second-order valence-electron chi connectivity index (χ2n) is 8.04. The third-order valence-electron chi connectivity index (χ3n) is 6.22. The molecule has 1 saturated heterocycles. The number of aromatic nitrogens is 2. The van der Waals surface area contributed by atoms with Crippen molar-refractivity contribution in [3.63, 3.8) is 0 Å². The Morgan fingerprint density at radius 3 is 2.63 bits per heavy atom. The van der Waals surface area contributed by atoms with Gasteiger partial charge in [-0.15, -0.1) is 0 Å². The molecule has 0 atom stereocenters. The van der Waals surface area contributed by atoms with Gasteiger partial charge in [0.2, 0.25) is 11.8 Å². The first-order chi connectivity index (χ1) is 13.1. The highest BCUT2D eigenvalue weighted by Gasteiger charge is 2.41. The van der Waals surface area contributed by atoms with Crippen LogP contribution in [-0.4, -0.2) is 47.1 Å². The fourth-order valence-electron chi connectivity index (χ4n) is 4.37. The summed E-state index contributed by atoms with van der Waals surface area (Å²) in [4.78, 5) is 19.6. The lowest BCUT2D eigenvalue weighted by Crippen LogP contribution is -2.44. The predicted octanol–water partition coefficient (Wildman–Crippen LogP) is 2.58. The van der Waals surface area contributed by atoms with Gasteiger partial charge in [-0.05, 0) is 64.2 Å². The van der Waals surface area contributed by atoms with E-state index in [-0.39, 0.29) is 5.91 Å². The van der Waals surface area contributed by atoms with E-state index in [9.17, 15) is 4.79 Å². The van der Waals surface area contributed by atoms with Gasteiger partial charge in [0, 0.05) is 6.42 Å². The fourth-order valence-corrected chi connectivity index (χ4v) is 4.37. The van der Waals surface area contributed by atoms with Crippen molar-refractivity contribution >= 4 is 5.91 Å². The van der Waals surface area contributed by atoms with Crippen LogP contribution in [0.3, 0.4) is 0 Å². The average molecular weight is 378 g/mol. The van der Waals surface area contributed by atoms with E-state index in [1.807, 2.05) is 0 Å². The first-order valence-electron chi connectivity index (χ1n) is 10.7. The normalized spacial score (nSPS) is 20.3. The maximum Gasteiger partial charge on any atom is 0.240 e. The summed E-state index contributed by atoms with van der Waals surface area (Å²) in [5, 5.41) is 10.9. The van der Waals surface area contributed by atoms with E-state index in [1.54, 1.807) is 0 Å². The van der Waals surface area contributed by atoms with Gasteiger partial charge in [-0.1, -0.05) is 31.8 Å². The molecule has 0 radical (unpaired) electrons. The van der Waals surface area contributed by atoms with Crippen LogP contribution in [0, 0.1) is 5.92 Å². The van der Waals surface area contributed by atoms with E-state index < -0.39 is 5.54 Å². The number of amides is 1. The van der Waals surface area contributed by atoms with Gasteiger partial charge in [-0.25, -0.2) is 0 Å². The van der Waals surface area contributed by atoms with Gasteiger partial charge in [0.1, 0.15) is 5.54 Å². The summed E-state index contributed by atoms with van der Waals surface area (Å²) in [6.45, 7) is 8.98. The standard InChI is InChI=1S/C20H35N5O2/c1-3-25(4-2)15-18-22-19(24-27-18)20(11-5-6-12-20)23-17(26)8-7-16-9-13-21-14-10-16/h16,21H,3-15H2,1-2H3,(H,23,26). The molecule has 3 rings (SSSR count). The molecule has 1 saturated carbocycles. The van der Waals surface area contributed by atoms with Crippen molar-refractivity contribution in [2.75, 3.05) is 26.2 Å². The number of piperidine rings is 1. The van der Waals surface area contributed by atoms with Crippen LogP contribution in [-0.2, 0) is 16.9 Å². The number of hydrogen-bond donors (Lipinski definition) is 2. The minimum atomic E-state index is -0.434. The molecule has 1 amide bonds. The number of rotatable bonds is 9. The van der Waals surface area contributed by atoms with Gasteiger partial charge >= 0.3 is 0 Å². The van der Waals surface area contributed by atoms with E-state index in [4.69, 9.17) is 4.52 Å². The molecule has 2 fully saturated rings. The molecule has 27 heavy (non-hydrogen) atoms. The monoisotopic (exact) mass is 377 g/mol. The molecule has 1 aliphatic carbocycles. The summed E-state index contributed by atoms with van der Waals surface area (Å²) < 4.78 is 5.51. The van der Waals surface area contributed by atoms with Crippen LogP contribution >= 0.6 is 0 Å². The number of nitrogens with zero attached hydrogens (tertiary/aromatic N) is 3. The molecule has 0 spiro atoms. The molecule has 1 aliphatic heterocycles. The quantitative estimate of drug-likeness (QED) is 0.688. The molecular formula is C20H35N5O2. The van der Waals surface area contributed by atoms with Gasteiger partial charge in [-0.2, -0.15) is 4.98 Å². The van der Waals surface area contributed by atoms with Gasteiger partial charge < -0.3 is 15.2 Å². The van der Waals surface area contributed by atoms with Crippen molar-refractivity contribution in [3.8, 4) is 0 Å². The second kappa shape index (κ2) is 9.64. The molecule has 0 bridgehead atoms. The van der Waals surface area contributed by atoms with Gasteiger partial charge in [0.15, 0.2) is 5.82 Å². The maximum atomic E-state index is 12.7. The average Bonchev–Trinajstić information content (AvgIpc) is 3.35. The zero-order valence-electron chi connectivity index (χ0n) is 16.9. The van der Waals surface area contributed by atoms with Crippen molar-refractivity contribution < 1.29 is 9.32 Å². The highest BCUT2D eigenvalue weighted by Crippen LogP contribution is 2.37. The van der Waals surface area contributed by atoms with Crippen LogP contribution in [0.2, 0.25) is 0 Å². The minimum Gasteiger partial charge on any atom is -0.343 e. The van der Waals surface area contributed by atoms with E-state index in [2.05, 4.69) is 39.5 Å². The highest BCUT2D eigenvalue weighted by atomic mass is 16.5. The fraction of sp³-hybridized carbons (Fsp3) is 0.850.